The van der Waals surface area contributed by atoms with Crippen LogP contribution in [-0.4, -0.2) is 32.0 Å². The fourth-order valence-corrected chi connectivity index (χ4v) is 3.77. The van der Waals surface area contributed by atoms with E-state index in [1.54, 1.807) is 0 Å². The molecule has 116 valence electrons. The van der Waals surface area contributed by atoms with Crippen LogP contribution in [0.1, 0.15) is 57.3 Å². The Morgan fingerprint density at radius 2 is 2.10 bits per heavy atom. The third-order valence-corrected chi connectivity index (χ3v) is 5.24. The van der Waals surface area contributed by atoms with Crippen molar-refractivity contribution in [2.24, 2.45) is 5.73 Å². The first kappa shape index (κ1) is 14.8. The second-order valence-corrected chi connectivity index (χ2v) is 7.26. The summed E-state index contributed by atoms with van der Waals surface area (Å²) in [6, 6.07) is 0.840. The largest absolute Gasteiger partial charge is 0.352 e. The molecule has 21 heavy (non-hydrogen) atoms. The third kappa shape index (κ3) is 3.40. The number of hydrogen-bond donors (Lipinski definition) is 2. The number of nitrogens with two attached hydrogens (primary N) is 1. The normalized spacial score (nSPS) is 20.7. The third-order valence-electron chi connectivity index (χ3n) is 4.18. The maximum atomic E-state index is 12.3. The van der Waals surface area contributed by atoms with Crippen molar-refractivity contribution in [2.45, 2.75) is 74.5 Å². The van der Waals surface area contributed by atoms with Crippen LogP contribution in [0.2, 0.25) is 0 Å². The van der Waals surface area contributed by atoms with Crippen molar-refractivity contribution >= 4 is 17.7 Å². The molecule has 2 fully saturated rings. The van der Waals surface area contributed by atoms with Gasteiger partial charge in [0.05, 0.1) is 11.8 Å². The molecule has 7 heteroatoms. The molecule has 2 aliphatic carbocycles. The van der Waals surface area contributed by atoms with Gasteiger partial charge in [0.25, 0.3) is 0 Å². The highest BCUT2D eigenvalue weighted by Gasteiger charge is 2.31. The van der Waals surface area contributed by atoms with E-state index in [-0.39, 0.29) is 11.2 Å². The SMILES string of the molecule is CC(Sc1nnc(CN)n1C1CC1)C(=O)NC1CCCC1. The van der Waals surface area contributed by atoms with Crippen molar-refractivity contribution in [3.05, 3.63) is 5.82 Å². The second-order valence-electron chi connectivity index (χ2n) is 5.95. The van der Waals surface area contributed by atoms with Crippen LogP contribution in [0.15, 0.2) is 5.16 Å². The van der Waals surface area contributed by atoms with Crippen LogP contribution < -0.4 is 11.1 Å². The Labute approximate surface area is 129 Å². The van der Waals surface area contributed by atoms with Crippen LogP contribution in [0.25, 0.3) is 0 Å². The molecule has 0 spiro atoms. The van der Waals surface area contributed by atoms with Crippen LogP contribution in [0.3, 0.4) is 0 Å². The van der Waals surface area contributed by atoms with E-state index >= 15 is 0 Å². The van der Waals surface area contributed by atoms with Crippen LogP contribution in [-0.2, 0) is 11.3 Å². The average molecular weight is 309 g/mol. The summed E-state index contributed by atoms with van der Waals surface area (Å²) in [7, 11) is 0. The number of carbonyl (C=O) groups excluding carboxylic acids is 1. The number of rotatable bonds is 6. The molecule has 3 rings (SSSR count). The number of amides is 1. The molecule has 2 saturated carbocycles. The van der Waals surface area contributed by atoms with Gasteiger partial charge in [-0.3, -0.25) is 4.79 Å². The summed E-state index contributed by atoms with van der Waals surface area (Å²) in [5, 5.41) is 12.2. The zero-order valence-electron chi connectivity index (χ0n) is 12.4. The maximum absolute atomic E-state index is 12.3. The molecule has 6 nitrogen and oxygen atoms in total. The van der Waals surface area contributed by atoms with Gasteiger partial charge in [-0.15, -0.1) is 10.2 Å². The van der Waals surface area contributed by atoms with E-state index in [4.69, 9.17) is 5.73 Å². The topological polar surface area (TPSA) is 85.8 Å². The minimum absolute atomic E-state index is 0.103. The lowest BCUT2D eigenvalue weighted by atomic mass is 10.2. The van der Waals surface area contributed by atoms with Gasteiger partial charge in [-0.25, -0.2) is 0 Å². The number of carbonyl (C=O) groups is 1. The van der Waals surface area contributed by atoms with Crippen molar-refractivity contribution in [1.82, 2.24) is 20.1 Å². The highest BCUT2D eigenvalue weighted by atomic mass is 32.2. The van der Waals surface area contributed by atoms with Gasteiger partial charge in [0, 0.05) is 12.1 Å². The lowest BCUT2D eigenvalue weighted by Crippen LogP contribution is -2.37. The summed E-state index contributed by atoms with van der Waals surface area (Å²) < 4.78 is 2.12. The van der Waals surface area contributed by atoms with Crippen molar-refractivity contribution < 1.29 is 4.79 Å². The summed E-state index contributed by atoms with van der Waals surface area (Å²) in [5.41, 5.74) is 5.72. The van der Waals surface area contributed by atoms with Crippen molar-refractivity contribution in [1.29, 1.82) is 0 Å². The molecule has 1 atom stereocenters. The van der Waals surface area contributed by atoms with Crippen LogP contribution in [0.4, 0.5) is 0 Å². The highest BCUT2D eigenvalue weighted by molar-refractivity contribution is 8.00. The molecule has 1 amide bonds. The van der Waals surface area contributed by atoms with Gasteiger partial charge in [0.1, 0.15) is 5.82 Å². The molecular formula is C14H23N5OS. The standard InChI is InChI=1S/C14H23N5OS/c1-9(13(20)16-10-4-2-3-5-10)21-14-18-17-12(8-15)19(14)11-6-7-11/h9-11H,2-8,15H2,1H3,(H,16,20). The zero-order valence-corrected chi connectivity index (χ0v) is 13.2. The zero-order chi connectivity index (χ0) is 14.8. The van der Waals surface area contributed by atoms with Gasteiger partial charge in [-0.1, -0.05) is 24.6 Å². The Balaban J connectivity index is 1.62. The average Bonchev–Trinajstić information content (AvgIpc) is 3.03. The van der Waals surface area contributed by atoms with E-state index in [2.05, 4.69) is 20.1 Å². The van der Waals surface area contributed by atoms with Gasteiger partial charge in [0.15, 0.2) is 5.16 Å². The fraction of sp³-hybridized carbons (Fsp3) is 0.786. The van der Waals surface area contributed by atoms with Crippen molar-refractivity contribution in [3.8, 4) is 0 Å². The monoisotopic (exact) mass is 309 g/mol. The first-order valence-corrected chi connectivity index (χ1v) is 8.68. The van der Waals surface area contributed by atoms with Gasteiger partial charge >= 0.3 is 0 Å². The molecule has 2 aliphatic rings. The van der Waals surface area contributed by atoms with Crippen LogP contribution in [0, 0.1) is 0 Å². The number of nitrogens with one attached hydrogen (secondary N) is 1. The highest BCUT2D eigenvalue weighted by Crippen LogP contribution is 2.39. The van der Waals surface area contributed by atoms with Gasteiger partial charge in [0.2, 0.25) is 5.91 Å². The summed E-state index contributed by atoms with van der Waals surface area (Å²) >= 11 is 1.49. The maximum Gasteiger partial charge on any atom is 0.233 e. The predicted molar refractivity (Wildman–Crippen MR) is 81.9 cm³/mol. The van der Waals surface area contributed by atoms with E-state index < -0.39 is 0 Å². The van der Waals surface area contributed by atoms with Gasteiger partial charge in [-0.05, 0) is 32.6 Å². The Bertz CT molecular complexity index is 507. The molecule has 0 bridgehead atoms. The summed E-state index contributed by atoms with van der Waals surface area (Å²) in [6.07, 6.45) is 6.98. The molecule has 0 radical (unpaired) electrons. The van der Waals surface area contributed by atoms with Crippen molar-refractivity contribution in [2.75, 3.05) is 0 Å². The molecule has 1 aromatic heterocycles. The Kier molecular flexibility index (Phi) is 4.49. The first-order chi connectivity index (χ1) is 10.2. The lowest BCUT2D eigenvalue weighted by Gasteiger charge is -2.16. The smallest absolute Gasteiger partial charge is 0.233 e. The Hall–Kier alpha value is -1.08. The molecule has 3 N–H and O–H groups in total. The fourth-order valence-electron chi connectivity index (χ4n) is 2.83. The Morgan fingerprint density at radius 3 is 2.71 bits per heavy atom. The minimum atomic E-state index is -0.155. The van der Waals surface area contributed by atoms with Gasteiger partial charge in [-0.2, -0.15) is 0 Å². The first-order valence-electron chi connectivity index (χ1n) is 7.80. The van der Waals surface area contributed by atoms with E-state index in [1.165, 1.54) is 24.6 Å². The minimum Gasteiger partial charge on any atom is -0.352 e. The predicted octanol–water partition coefficient (Wildman–Crippen LogP) is 1.61. The van der Waals surface area contributed by atoms with E-state index in [0.717, 1.165) is 36.7 Å². The molecule has 0 aliphatic heterocycles. The quantitative estimate of drug-likeness (QED) is 0.780. The molecule has 0 saturated heterocycles. The van der Waals surface area contributed by atoms with E-state index in [1.807, 2.05) is 6.92 Å². The Morgan fingerprint density at radius 1 is 1.38 bits per heavy atom. The van der Waals surface area contributed by atoms with Crippen LogP contribution >= 0.6 is 11.8 Å². The number of thioether (sulfide) groups is 1. The molecular weight excluding hydrogens is 286 g/mol. The lowest BCUT2D eigenvalue weighted by molar-refractivity contribution is -0.120. The summed E-state index contributed by atoms with van der Waals surface area (Å²) in [5.74, 6) is 0.926. The van der Waals surface area contributed by atoms with E-state index in [0.29, 0.717) is 18.6 Å². The second kappa shape index (κ2) is 6.36. The van der Waals surface area contributed by atoms with E-state index in [9.17, 15) is 4.79 Å². The molecule has 1 aromatic rings. The molecule has 1 unspecified atom stereocenters. The molecule has 0 aromatic carbocycles. The number of hydrogen-bond acceptors (Lipinski definition) is 5. The van der Waals surface area contributed by atoms with Crippen molar-refractivity contribution in [3.63, 3.8) is 0 Å². The van der Waals surface area contributed by atoms with Crippen LogP contribution in [0.5, 0.6) is 0 Å². The number of aromatic nitrogens is 3. The molecule has 1 heterocycles. The van der Waals surface area contributed by atoms with Gasteiger partial charge < -0.3 is 15.6 Å². The summed E-state index contributed by atoms with van der Waals surface area (Å²) in [6.45, 7) is 2.33. The number of nitrogens with zero attached hydrogens (tertiary/aromatic N) is 3. The summed E-state index contributed by atoms with van der Waals surface area (Å²) in [4.78, 5) is 12.3.